The molecule has 4 rings (SSSR count). The van der Waals surface area contributed by atoms with Crippen LogP contribution in [0.3, 0.4) is 0 Å². The van der Waals surface area contributed by atoms with Gasteiger partial charge >= 0.3 is 0 Å². The van der Waals surface area contributed by atoms with E-state index in [1.165, 1.54) is 0 Å². The second kappa shape index (κ2) is 6.64. The SMILES string of the molecule is COc1nccc(C)c1C1Nc2cc(N3CCOCC3)nc(C)c2N1C. The first-order valence-electron chi connectivity index (χ1n) is 8.93. The molecule has 0 saturated carbocycles. The second-order valence-corrected chi connectivity index (χ2v) is 6.77. The molecule has 1 N–H and O–H groups in total. The Bertz CT molecular complexity index is 820. The fourth-order valence-corrected chi connectivity index (χ4v) is 3.84. The predicted molar refractivity (Wildman–Crippen MR) is 102 cm³/mol. The maximum atomic E-state index is 5.52. The van der Waals surface area contributed by atoms with Gasteiger partial charge < -0.3 is 24.6 Å². The fourth-order valence-electron chi connectivity index (χ4n) is 3.84. The normalized spacial score (nSPS) is 19.3. The number of methoxy groups -OCH3 is 1. The molecule has 2 aromatic rings. The molecule has 0 radical (unpaired) electrons. The molecule has 0 aliphatic carbocycles. The molecular formula is C19H25N5O2. The van der Waals surface area contributed by atoms with E-state index in [1.807, 2.05) is 6.07 Å². The molecule has 1 fully saturated rings. The number of nitrogens with zero attached hydrogens (tertiary/aromatic N) is 4. The lowest BCUT2D eigenvalue weighted by atomic mass is 10.1. The van der Waals surface area contributed by atoms with Crippen LogP contribution in [0.25, 0.3) is 0 Å². The Morgan fingerprint density at radius 3 is 2.77 bits per heavy atom. The maximum absolute atomic E-state index is 5.52. The van der Waals surface area contributed by atoms with E-state index in [1.54, 1.807) is 13.3 Å². The molecule has 1 unspecified atom stereocenters. The van der Waals surface area contributed by atoms with Gasteiger partial charge in [-0.05, 0) is 25.5 Å². The molecule has 0 spiro atoms. The zero-order valence-electron chi connectivity index (χ0n) is 15.7. The molecule has 26 heavy (non-hydrogen) atoms. The summed E-state index contributed by atoms with van der Waals surface area (Å²) in [6.45, 7) is 7.40. The summed E-state index contributed by atoms with van der Waals surface area (Å²) in [6, 6.07) is 4.16. The molecule has 0 amide bonds. The lowest BCUT2D eigenvalue weighted by molar-refractivity contribution is 0.122. The Morgan fingerprint density at radius 1 is 1.27 bits per heavy atom. The Labute approximate surface area is 153 Å². The van der Waals surface area contributed by atoms with Crippen molar-refractivity contribution >= 4 is 17.2 Å². The van der Waals surface area contributed by atoms with Crippen LogP contribution in [-0.2, 0) is 4.74 Å². The van der Waals surface area contributed by atoms with E-state index in [4.69, 9.17) is 14.5 Å². The van der Waals surface area contributed by atoms with Crippen molar-refractivity contribution in [2.75, 3.05) is 55.6 Å². The van der Waals surface area contributed by atoms with Crippen LogP contribution in [-0.4, -0.2) is 50.4 Å². The van der Waals surface area contributed by atoms with E-state index in [2.05, 4.69) is 47.1 Å². The van der Waals surface area contributed by atoms with E-state index >= 15 is 0 Å². The zero-order valence-corrected chi connectivity index (χ0v) is 15.7. The smallest absolute Gasteiger partial charge is 0.220 e. The number of nitrogens with one attached hydrogen (secondary N) is 1. The second-order valence-electron chi connectivity index (χ2n) is 6.77. The number of hydrogen-bond donors (Lipinski definition) is 1. The molecular weight excluding hydrogens is 330 g/mol. The van der Waals surface area contributed by atoms with Crippen LogP contribution in [0.5, 0.6) is 5.88 Å². The van der Waals surface area contributed by atoms with Gasteiger partial charge in [-0.1, -0.05) is 0 Å². The van der Waals surface area contributed by atoms with Crippen molar-refractivity contribution in [3.05, 3.63) is 35.2 Å². The highest BCUT2D eigenvalue weighted by Crippen LogP contribution is 2.45. The Morgan fingerprint density at radius 2 is 2.04 bits per heavy atom. The highest BCUT2D eigenvalue weighted by Gasteiger charge is 2.33. The maximum Gasteiger partial charge on any atom is 0.220 e. The third kappa shape index (κ3) is 2.72. The first-order valence-corrected chi connectivity index (χ1v) is 8.93. The molecule has 138 valence electrons. The Balaban J connectivity index is 1.71. The molecule has 7 nitrogen and oxygen atoms in total. The monoisotopic (exact) mass is 355 g/mol. The first kappa shape index (κ1) is 16.9. The van der Waals surface area contributed by atoms with Gasteiger partial charge in [0.05, 0.1) is 43.0 Å². The summed E-state index contributed by atoms with van der Waals surface area (Å²) in [4.78, 5) is 13.7. The lowest BCUT2D eigenvalue weighted by Crippen LogP contribution is -2.36. The Hall–Kier alpha value is -2.54. The number of hydrogen-bond acceptors (Lipinski definition) is 7. The van der Waals surface area contributed by atoms with E-state index < -0.39 is 0 Å². The Kier molecular flexibility index (Phi) is 4.32. The van der Waals surface area contributed by atoms with Gasteiger partial charge in [0.2, 0.25) is 5.88 Å². The van der Waals surface area contributed by atoms with Crippen LogP contribution in [0.4, 0.5) is 17.2 Å². The number of rotatable bonds is 3. The topological polar surface area (TPSA) is 62.8 Å². The summed E-state index contributed by atoms with van der Waals surface area (Å²) in [6.07, 6.45) is 1.75. The highest BCUT2D eigenvalue weighted by molar-refractivity contribution is 5.81. The summed E-state index contributed by atoms with van der Waals surface area (Å²) in [5.74, 6) is 1.65. The third-order valence-electron chi connectivity index (χ3n) is 5.16. The van der Waals surface area contributed by atoms with Crippen LogP contribution in [0.1, 0.15) is 23.0 Å². The lowest BCUT2D eigenvalue weighted by Gasteiger charge is -2.28. The largest absolute Gasteiger partial charge is 0.481 e. The van der Waals surface area contributed by atoms with E-state index in [9.17, 15) is 0 Å². The molecule has 1 saturated heterocycles. The van der Waals surface area contributed by atoms with Gasteiger partial charge in [0.15, 0.2) is 0 Å². The standard InChI is InChI=1S/C19H25N5O2/c1-12-5-6-20-19(25-4)16(12)18-22-14-11-15(24-7-9-26-10-8-24)21-13(2)17(14)23(18)3/h5-6,11,18,22H,7-10H2,1-4H3. The molecule has 4 heterocycles. The number of aromatic nitrogens is 2. The van der Waals surface area contributed by atoms with Gasteiger partial charge in [-0.15, -0.1) is 0 Å². The van der Waals surface area contributed by atoms with Crippen LogP contribution in [0, 0.1) is 13.8 Å². The third-order valence-corrected chi connectivity index (χ3v) is 5.16. The van der Waals surface area contributed by atoms with Gasteiger partial charge in [-0.2, -0.15) is 0 Å². The van der Waals surface area contributed by atoms with Crippen LogP contribution < -0.4 is 19.9 Å². The van der Waals surface area contributed by atoms with Crippen LogP contribution in [0.15, 0.2) is 18.3 Å². The molecule has 2 aromatic heterocycles. The summed E-state index contributed by atoms with van der Waals surface area (Å²) >= 11 is 0. The number of pyridine rings is 2. The van der Waals surface area contributed by atoms with Gasteiger partial charge in [-0.3, -0.25) is 0 Å². The quantitative estimate of drug-likeness (QED) is 0.907. The average Bonchev–Trinajstić information content (AvgIpc) is 2.98. The molecule has 7 heteroatoms. The van der Waals surface area contributed by atoms with Crippen molar-refractivity contribution in [3.63, 3.8) is 0 Å². The van der Waals surface area contributed by atoms with Crippen molar-refractivity contribution in [3.8, 4) is 5.88 Å². The first-order chi connectivity index (χ1) is 12.6. The fraction of sp³-hybridized carbons (Fsp3) is 0.474. The van der Waals surface area contributed by atoms with Crippen LogP contribution in [0.2, 0.25) is 0 Å². The minimum atomic E-state index is -0.0333. The summed E-state index contributed by atoms with van der Waals surface area (Å²) in [7, 11) is 3.75. The predicted octanol–water partition coefficient (Wildman–Crippen LogP) is 2.50. The molecule has 2 aliphatic heterocycles. The molecule has 2 aliphatic rings. The molecule has 0 aromatic carbocycles. The summed E-state index contributed by atoms with van der Waals surface area (Å²) in [5, 5.41) is 3.64. The average molecular weight is 355 g/mol. The minimum absolute atomic E-state index is 0.0333. The highest BCUT2D eigenvalue weighted by atomic mass is 16.5. The summed E-state index contributed by atoms with van der Waals surface area (Å²) < 4.78 is 11.0. The van der Waals surface area contributed by atoms with E-state index in [0.717, 1.165) is 60.3 Å². The number of anilines is 3. The van der Waals surface area contributed by atoms with Crippen molar-refractivity contribution in [1.29, 1.82) is 0 Å². The number of ether oxygens (including phenoxy) is 2. The number of aryl methyl sites for hydroxylation is 2. The number of fused-ring (bicyclic) bond motifs is 1. The van der Waals surface area contributed by atoms with Gasteiger partial charge in [0, 0.05) is 32.4 Å². The van der Waals surface area contributed by atoms with Crippen molar-refractivity contribution in [1.82, 2.24) is 9.97 Å². The van der Waals surface area contributed by atoms with Gasteiger partial charge in [0.25, 0.3) is 0 Å². The minimum Gasteiger partial charge on any atom is -0.481 e. The van der Waals surface area contributed by atoms with E-state index in [0.29, 0.717) is 5.88 Å². The van der Waals surface area contributed by atoms with Crippen molar-refractivity contribution < 1.29 is 9.47 Å². The van der Waals surface area contributed by atoms with Crippen molar-refractivity contribution in [2.45, 2.75) is 20.0 Å². The number of morpholine rings is 1. The van der Waals surface area contributed by atoms with Crippen LogP contribution >= 0.6 is 0 Å². The van der Waals surface area contributed by atoms with E-state index in [-0.39, 0.29) is 6.17 Å². The summed E-state index contributed by atoms with van der Waals surface area (Å²) in [5.41, 5.74) is 5.44. The zero-order chi connectivity index (χ0) is 18.3. The molecule has 1 atom stereocenters. The van der Waals surface area contributed by atoms with Gasteiger partial charge in [-0.25, -0.2) is 9.97 Å². The molecule has 0 bridgehead atoms. The van der Waals surface area contributed by atoms with Gasteiger partial charge in [0.1, 0.15) is 12.0 Å². The van der Waals surface area contributed by atoms with Crippen molar-refractivity contribution in [2.24, 2.45) is 0 Å².